The van der Waals surface area contributed by atoms with Crippen molar-refractivity contribution in [3.8, 4) is 11.1 Å². The second-order valence-corrected chi connectivity index (χ2v) is 3.09. The maximum Gasteiger partial charge on any atom is 0.264 e. The lowest BCUT2D eigenvalue weighted by Gasteiger charge is -1.98. The molecule has 1 N–H and O–H groups in total. The average Bonchev–Trinajstić information content (AvgIpc) is 2.19. The van der Waals surface area contributed by atoms with Crippen molar-refractivity contribution in [2.75, 3.05) is 0 Å². The summed E-state index contributed by atoms with van der Waals surface area (Å²) in [6.07, 6.45) is 3.16. The molecule has 0 saturated carbocycles. The Bertz CT molecular complexity index is 492. The summed E-state index contributed by atoms with van der Waals surface area (Å²) in [4.78, 5) is 14.9. The number of H-pyrrole nitrogens is 1. The van der Waals surface area contributed by atoms with Gasteiger partial charge in [0.15, 0.2) is 0 Å². The van der Waals surface area contributed by atoms with Gasteiger partial charge in [-0.1, -0.05) is 11.6 Å². The van der Waals surface area contributed by atoms with Gasteiger partial charge in [-0.3, -0.25) is 4.79 Å². The topological polar surface area (TPSA) is 58.6 Å². The molecule has 2 aromatic rings. The van der Waals surface area contributed by atoms with E-state index in [4.69, 9.17) is 11.6 Å². The first-order valence-electron chi connectivity index (χ1n) is 3.92. The summed E-state index contributed by atoms with van der Waals surface area (Å²) in [6.45, 7) is 0. The summed E-state index contributed by atoms with van der Waals surface area (Å²) in [5, 5.41) is 6.41. The standard InChI is InChI=1S/C9H6ClN3O/c10-8-2-1-6(4-11-8)7-3-9(14)13-12-5-7/h1-5H,(H,13,14). The van der Waals surface area contributed by atoms with Gasteiger partial charge in [0.05, 0.1) is 6.20 Å². The Balaban J connectivity index is 2.50. The molecule has 2 rings (SSSR count). The first-order valence-corrected chi connectivity index (χ1v) is 4.30. The average molecular weight is 208 g/mol. The van der Waals surface area contributed by atoms with Crippen LogP contribution < -0.4 is 5.56 Å². The highest BCUT2D eigenvalue weighted by Gasteiger charge is 1.98. The monoisotopic (exact) mass is 207 g/mol. The Labute approximate surface area is 84.6 Å². The van der Waals surface area contributed by atoms with E-state index in [1.807, 2.05) is 0 Å². The minimum atomic E-state index is -0.238. The zero-order valence-electron chi connectivity index (χ0n) is 7.07. The van der Waals surface area contributed by atoms with E-state index in [-0.39, 0.29) is 5.56 Å². The van der Waals surface area contributed by atoms with E-state index in [0.717, 1.165) is 11.1 Å². The summed E-state index contributed by atoms with van der Waals surface area (Å²) in [6, 6.07) is 4.90. The summed E-state index contributed by atoms with van der Waals surface area (Å²) < 4.78 is 0. The van der Waals surface area contributed by atoms with E-state index in [0.29, 0.717) is 5.15 Å². The second kappa shape index (κ2) is 3.59. The normalized spacial score (nSPS) is 10.1. The molecule has 0 unspecified atom stereocenters. The lowest BCUT2D eigenvalue weighted by Crippen LogP contribution is -2.05. The van der Waals surface area contributed by atoms with Crippen LogP contribution in [0.25, 0.3) is 11.1 Å². The van der Waals surface area contributed by atoms with Gasteiger partial charge in [-0.25, -0.2) is 10.1 Å². The van der Waals surface area contributed by atoms with Gasteiger partial charge in [0, 0.05) is 23.4 Å². The van der Waals surface area contributed by atoms with Gasteiger partial charge in [-0.05, 0) is 12.1 Å². The van der Waals surface area contributed by atoms with Crippen molar-refractivity contribution in [1.29, 1.82) is 0 Å². The van der Waals surface area contributed by atoms with Crippen molar-refractivity contribution < 1.29 is 0 Å². The molecule has 4 nitrogen and oxygen atoms in total. The number of hydrogen-bond donors (Lipinski definition) is 1. The SMILES string of the molecule is O=c1cc(-c2ccc(Cl)nc2)cn[nH]1. The number of aromatic amines is 1. The van der Waals surface area contributed by atoms with Crippen LogP contribution >= 0.6 is 11.6 Å². The van der Waals surface area contributed by atoms with Crippen molar-refractivity contribution in [3.63, 3.8) is 0 Å². The van der Waals surface area contributed by atoms with Crippen molar-refractivity contribution in [1.82, 2.24) is 15.2 Å². The zero-order valence-corrected chi connectivity index (χ0v) is 7.82. The van der Waals surface area contributed by atoms with Crippen LogP contribution in [0.1, 0.15) is 0 Å². The molecule has 0 fully saturated rings. The number of rotatable bonds is 1. The molecule has 0 aliphatic carbocycles. The number of nitrogens with zero attached hydrogens (tertiary/aromatic N) is 2. The molecule has 0 aromatic carbocycles. The minimum absolute atomic E-state index is 0.238. The Morgan fingerprint density at radius 2 is 2.07 bits per heavy atom. The summed E-state index contributed by atoms with van der Waals surface area (Å²) >= 11 is 5.64. The molecule has 0 aliphatic rings. The van der Waals surface area contributed by atoms with Crippen LogP contribution in [0.4, 0.5) is 0 Å². The van der Waals surface area contributed by atoms with Gasteiger partial charge in [0.2, 0.25) is 0 Å². The Kier molecular flexibility index (Phi) is 2.28. The lowest BCUT2D eigenvalue weighted by atomic mass is 10.1. The smallest absolute Gasteiger partial charge is 0.264 e. The van der Waals surface area contributed by atoms with Crippen LogP contribution in [-0.4, -0.2) is 15.2 Å². The van der Waals surface area contributed by atoms with Crippen LogP contribution in [-0.2, 0) is 0 Å². The molecule has 0 bridgehead atoms. The van der Waals surface area contributed by atoms with Gasteiger partial charge in [-0.15, -0.1) is 0 Å². The number of hydrogen-bond acceptors (Lipinski definition) is 3. The second-order valence-electron chi connectivity index (χ2n) is 2.70. The first kappa shape index (κ1) is 8.90. The molecule has 5 heteroatoms. The van der Waals surface area contributed by atoms with Gasteiger partial charge >= 0.3 is 0 Å². The highest BCUT2D eigenvalue weighted by molar-refractivity contribution is 6.29. The zero-order chi connectivity index (χ0) is 9.97. The van der Waals surface area contributed by atoms with Crippen molar-refractivity contribution in [3.05, 3.63) is 46.1 Å². The fourth-order valence-electron chi connectivity index (χ4n) is 1.08. The Morgan fingerprint density at radius 3 is 2.71 bits per heavy atom. The van der Waals surface area contributed by atoms with Gasteiger partial charge < -0.3 is 0 Å². The molecule has 14 heavy (non-hydrogen) atoms. The van der Waals surface area contributed by atoms with Crippen LogP contribution in [0, 0.1) is 0 Å². The Morgan fingerprint density at radius 1 is 1.21 bits per heavy atom. The van der Waals surface area contributed by atoms with Gasteiger partial charge in [-0.2, -0.15) is 5.10 Å². The molecule has 2 aromatic heterocycles. The van der Waals surface area contributed by atoms with Crippen molar-refractivity contribution >= 4 is 11.6 Å². The molecule has 0 radical (unpaired) electrons. The fraction of sp³-hybridized carbons (Fsp3) is 0. The molecule has 2 heterocycles. The predicted molar refractivity (Wildman–Crippen MR) is 53.1 cm³/mol. The molecule has 70 valence electrons. The van der Waals surface area contributed by atoms with E-state index < -0.39 is 0 Å². The summed E-state index contributed by atoms with van der Waals surface area (Å²) in [5.41, 5.74) is 1.29. The van der Waals surface area contributed by atoms with Crippen molar-refractivity contribution in [2.45, 2.75) is 0 Å². The highest BCUT2D eigenvalue weighted by atomic mass is 35.5. The van der Waals surface area contributed by atoms with Gasteiger partial charge in [0.25, 0.3) is 5.56 Å². The van der Waals surface area contributed by atoms with Crippen LogP contribution in [0.15, 0.2) is 35.4 Å². The third kappa shape index (κ3) is 1.80. The van der Waals surface area contributed by atoms with Gasteiger partial charge in [0.1, 0.15) is 5.15 Å². The van der Waals surface area contributed by atoms with Crippen molar-refractivity contribution in [2.24, 2.45) is 0 Å². The fourth-order valence-corrected chi connectivity index (χ4v) is 1.19. The summed E-state index contributed by atoms with van der Waals surface area (Å²) in [7, 11) is 0. The number of halogens is 1. The van der Waals surface area contributed by atoms with E-state index in [1.165, 1.54) is 6.07 Å². The first-order chi connectivity index (χ1) is 6.75. The number of pyridine rings is 1. The maximum absolute atomic E-state index is 11.0. The molecular weight excluding hydrogens is 202 g/mol. The maximum atomic E-state index is 11.0. The Hall–Kier alpha value is -1.68. The molecule has 0 saturated heterocycles. The van der Waals surface area contributed by atoms with E-state index in [2.05, 4.69) is 15.2 Å². The minimum Gasteiger partial charge on any atom is -0.268 e. The third-order valence-electron chi connectivity index (χ3n) is 1.73. The summed E-state index contributed by atoms with van der Waals surface area (Å²) in [5.74, 6) is 0. The number of nitrogens with one attached hydrogen (secondary N) is 1. The number of aromatic nitrogens is 3. The highest BCUT2D eigenvalue weighted by Crippen LogP contribution is 2.16. The largest absolute Gasteiger partial charge is 0.268 e. The van der Waals surface area contributed by atoms with Crippen LogP contribution in [0.3, 0.4) is 0 Å². The molecule has 0 atom stereocenters. The van der Waals surface area contributed by atoms with E-state index in [1.54, 1.807) is 24.5 Å². The quantitative estimate of drug-likeness (QED) is 0.721. The van der Waals surface area contributed by atoms with Crippen LogP contribution in [0.2, 0.25) is 5.15 Å². The predicted octanol–water partition coefficient (Wildman–Crippen LogP) is 1.49. The van der Waals surface area contributed by atoms with E-state index in [9.17, 15) is 4.79 Å². The van der Waals surface area contributed by atoms with Crippen LogP contribution in [0.5, 0.6) is 0 Å². The van der Waals surface area contributed by atoms with E-state index >= 15 is 0 Å². The molecule has 0 aliphatic heterocycles. The lowest BCUT2D eigenvalue weighted by molar-refractivity contribution is 0.990. The molecule has 0 spiro atoms. The molecular formula is C9H6ClN3O. The third-order valence-corrected chi connectivity index (χ3v) is 1.95. The molecule has 0 amide bonds.